The van der Waals surface area contributed by atoms with Gasteiger partial charge in [0, 0.05) is 18.1 Å². The van der Waals surface area contributed by atoms with Crippen molar-refractivity contribution in [3.05, 3.63) is 73.1 Å². The van der Waals surface area contributed by atoms with E-state index in [9.17, 15) is 18.0 Å². The van der Waals surface area contributed by atoms with E-state index in [1.165, 1.54) is 16.8 Å². The van der Waals surface area contributed by atoms with Crippen LogP contribution < -0.4 is 15.5 Å². The molecule has 0 fully saturated rings. The minimum Gasteiger partial charge on any atom is -0.406 e. The number of hydrogen-bond acceptors (Lipinski definition) is 6. The van der Waals surface area contributed by atoms with Crippen molar-refractivity contribution in [2.45, 2.75) is 6.36 Å². The molecular weight excluding hydrogens is 427 g/mol. The van der Waals surface area contributed by atoms with Gasteiger partial charge >= 0.3 is 12.4 Å². The fourth-order valence-corrected chi connectivity index (χ4v) is 2.71. The molecule has 0 spiro atoms. The Morgan fingerprint density at radius 2 is 1.41 bits per heavy atom. The Morgan fingerprint density at radius 1 is 0.844 bits per heavy atom. The molecule has 12 heteroatoms. The van der Waals surface area contributed by atoms with Crippen molar-refractivity contribution in [1.82, 2.24) is 24.8 Å². The largest absolute Gasteiger partial charge is 0.573 e. The molecule has 3 heterocycles. The zero-order valence-electron chi connectivity index (χ0n) is 16.1. The Labute approximate surface area is 178 Å². The number of urea groups is 1. The van der Waals surface area contributed by atoms with E-state index in [1.807, 2.05) is 0 Å². The Bertz CT molecular complexity index is 1140. The van der Waals surface area contributed by atoms with Crippen molar-refractivity contribution in [2.75, 3.05) is 10.7 Å². The molecule has 0 bridgehead atoms. The summed E-state index contributed by atoms with van der Waals surface area (Å²) in [6.07, 6.45) is -1.66. The van der Waals surface area contributed by atoms with Crippen molar-refractivity contribution in [3.8, 4) is 28.8 Å². The number of rotatable bonds is 5. The van der Waals surface area contributed by atoms with Crippen LogP contribution in [0.5, 0.6) is 5.75 Å². The van der Waals surface area contributed by atoms with Gasteiger partial charge in [0.2, 0.25) is 11.6 Å². The van der Waals surface area contributed by atoms with Gasteiger partial charge in [-0.2, -0.15) is 0 Å². The number of anilines is 1. The summed E-state index contributed by atoms with van der Waals surface area (Å²) in [5.41, 5.74) is 3.76. The van der Waals surface area contributed by atoms with Gasteiger partial charge in [-0.3, -0.25) is 9.97 Å². The fraction of sp³-hybridized carbons (Fsp3) is 0.0500. The predicted octanol–water partition coefficient (Wildman–Crippen LogP) is 4.08. The molecular formula is C20H14F3N7O2. The number of benzene rings is 1. The smallest absolute Gasteiger partial charge is 0.406 e. The maximum atomic E-state index is 12.6. The van der Waals surface area contributed by atoms with Crippen molar-refractivity contribution >= 4 is 11.7 Å². The van der Waals surface area contributed by atoms with Gasteiger partial charge < -0.3 is 10.1 Å². The lowest BCUT2D eigenvalue weighted by Crippen LogP contribution is -2.29. The van der Waals surface area contributed by atoms with Crippen LogP contribution in [0.4, 0.5) is 23.7 Å². The third-order valence-electron chi connectivity index (χ3n) is 4.01. The van der Waals surface area contributed by atoms with Crippen LogP contribution in [0.3, 0.4) is 0 Å². The molecule has 4 rings (SSSR count). The molecule has 3 aromatic heterocycles. The van der Waals surface area contributed by atoms with E-state index in [1.54, 1.807) is 48.8 Å². The van der Waals surface area contributed by atoms with Crippen LogP contribution in [-0.4, -0.2) is 37.2 Å². The molecule has 0 aliphatic carbocycles. The number of hydrogen-bond donors (Lipinski definition) is 2. The number of carbonyl (C=O) groups excluding carboxylic acids is 1. The first-order valence-electron chi connectivity index (χ1n) is 9.11. The summed E-state index contributed by atoms with van der Waals surface area (Å²) in [6, 6.07) is 14.4. The second kappa shape index (κ2) is 8.71. The summed E-state index contributed by atoms with van der Waals surface area (Å²) >= 11 is 0. The van der Waals surface area contributed by atoms with E-state index >= 15 is 0 Å². The molecule has 1 aromatic carbocycles. The highest BCUT2D eigenvalue weighted by Gasteiger charge is 2.31. The van der Waals surface area contributed by atoms with Crippen molar-refractivity contribution < 1.29 is 22.7 Å². The lowest BCUT2D eigenvalue weighted by Gasteiger charge is -2.13. The zero-order chi connectivity index (χ0) is 22.6. The Morgan fingerprint density at radius 3 is 1.88 bits per heavy atom. The van der Waals surface area contributed by atoms with E-state index in [0.29, 0.717) is 11.4 Å². The molecule has 0 aliphatic heterocycles. The molecule has 0 atom stereocenters. The molecule has 2 amide bonds. The SMILES string of the molecule is O=C(Nc1ccc(OC(F)(F)F)cc1)Nn1c(-c2ccccn2)nnc1-c1ccccn1. The highest BCUT2D eigenvalue weighted by molar-refractivity contribution is 5.95. The maximum Gasteiger partial charge on any atom is 0.573 e. The van der Waals surface area contributed by atoms with Crippen molar-refractivity contribution in [3.63, 3.8) is 0 Å². The topological polar surface area (TPSA) is 107 Å². The highest BCUT2D eigenvalue weighted by atomic mass is 19.4. The molecule has 32 heavy (non-hydrogen) atoms. The summed E-state index contributed by atoms with van der Waals surface area (Å²) in [5, 5.41) is 10.8. The van der Waals surface area contributed by atoms with E-state index in [4.69, 9.17) is 0 Å². The number of halogens is 3. The molecule has 4 aromatic rings. The third kappa shape index (κ3) is 4.98. The van der Waals surface area contributed by atoms with E-state index in [-0.39, 0.29) is 17.3 Å². The normalized spacial score (nSPS) is 11.1. The van der Waals surface area contributed by atoms with Gasteiger partial charge in [-0.05, 0) is 48.5 Å². The van der Waals surface area contributed by atoms with Gasteiger partial charge in [0.05, 0.1) is 0 Å². The zero-order valence-corrected chi connectivity index (χ0v) is 16.1. The molecule has 2 N–H and O–H groups in total. The van der Waals surface area contributed by atoms with Crippen LogP contribution in [0.1, 0.15) is 0 Å². The van der Waals surface area contributed by atoms with Crippen LogP contribution in [0.25, 0.3) is 23.0 Å². The minimum atomic E-state index is -4.80. The quantitative estimate of drug-likeness (QED) is 0.483. The van der Waals surface area contributed by atoms with Gasteiger partial charge in [-0.15, -0.1) is 23.4 Å². The summed E-state index contributed by atoms with van der Waals surface area (Å²) in [5.74, 6) is 0.114. The van der Waals surface area contributed by atoms with Crippen LogP contribution in [0.15, 0.2) is 73.1 Å². The summed E-state index contributed by atoms with van der Waals surface area (Å²) in [4.78, 5) is 21.1. The van der Waals surface area contributed by atoms with Crippen LogP contribution in [-0.2, 0) is 0 Å². The maximum absolute atomic E-state index is 12.6. The number of carbonyl (C=O) groups is 1. The summed E-state index contributed by atoms with van der Waals surface area (Å²) in [7, 11) is 0. The Kier molecular flexibility index (Phi) is 5.66. The standard InChI is InChI=1S/C20H14F3N7O2/c21-20(22,23)32-14-9-7-13(8-10-14)26-19(31)29-30-17(15-5-1-3-11-24-15)27-28-18(30)16-6-2-4-12-25-16/h1-12H,(H2,26,29,31). The van der Waals surface area contributed by atoms with E-state index in [2.05, 4.69) is 35.6 Å². The Balaban J connectivity index is 1.57. The van der Waals surface area contributed by atoms with Gasteiger partial charge in [-0.1, -0.05) is 12.1 Å². The fourth-order valence-electron chi connectivity index (χ4n) is 2.71. The molecule has 0 aliphatic rings. The second-order valence-corrected chi connectivity index (χ2v) is 6.25. The van der Waals surface area contributed by atoms with E-state index < -0.39 is 18.1 Å². The minimum absolute atomic E-state index is 0.240. The number of aromatic nitrogens is 5. The highest BCUT2D eigenvalue weighted by Crippen LogP contribution is 2.24. The summed E-state index contributed by atoms with van der Waals surface area (Å²) in [6.45, 7) is 0. The molecule has 0 saturated heterocycles. The number of amides is 2. The molecule has 9 nitrogen and oxygen atoms in total. The molecule has 0 saturated carbocycles. The average molecular weight is 441 g/mol. The monoisotopic (exact) mass is 441 g/mol. The van der Waals surface area contributed by atoms with E-state index in [0.717, 1.165) is 12.1 Å². The van der Waals surface area contributed by atoms with Crippen LogP contribution in [0.2, 0.25) is 0 Å². The number of ether oxygens (including phenoxy) is 1. The summed E-state index contributed by atoms with van der Waals surface area (Å²) < 4.78 is 42.0. The first-order valence-corrected chi connectivity index (χ1v) is 9.11. The lowest BCUT2D eigenvalue weighted by molar-refractivity contribution is -0.274. The molecule has 162 valence electrons. The number of nitrogens with zero attached hydrogens (tertiary/aromatic N) is 5. The number of alkyl halides is 3. The van der Waals surface area contributed by atoms with Crippen molar-refractivity contribution in [2.24, 2.45) is 0 Å². The molecule has 0 unspecified atom stereocenters. The number of pyridine rings is 2. The predicted molar refractivity (Wildman–Crippen MR) is 108 cm³/mol. The average Bonchev–Trinajstić information content (AvgIpc) is 3.18. The van der Waals surface area contributed by atoms with Gasteiger partial charge in [0.1, 0.15) is 17.1 Å². The van der Waals surface area contributed by atoms with Gasteiger partial charge in [0.15, 0.2) is 0 Å². The number of nitrogens with one attached hydrogen (secondary N) is 2. The van der Waals surface area contributed by atoms with Crippen molar-refractivity contribution in [1.29, 1.82) is 0 Å². The first kappa shape index (κ1) is 20.8. The first-order chi connectivity index (χ1) is 15.4. The molecule has 0 radical (unpaired) electrons. The van der Waals surface area contributed by atoms with Crippen LogP contribution >= 0.6 is 0 Å². The van der Waals surface area contributed by atoms with Crippen LogP contribution in [0, 0.1) is 0 Å². The van der Waals surface area contributed by atoms with Gasteiger partial charge in [-0.25, -0.2) is 14.9 Å². The lowest BCUT2D eigenvalue weighted by atomic mass is 10.3. The Hall–Kier alpha value is -4.48. The second-order valence-electron chi connectivity index (χ2n) is 6.25. The van der Waals surface area contributed by atoms with Gasteiger partial charge in [0.25, 0.3) is 0 Å². The third-order valence-corrected chi connectivity index (χ3v) is 4.01.